The lowest BCUT2D eigenvalue weighted by molar-refractivity contribution is 0.0748. The van der Waals surface area contributed by atoms with Crippen LogP contribution in [0.4, 0.5) is 10.2 Å². The number of hydrogen-bond donors (Lipinski definition) is 0. The monoisotopic (exact) mass is 428 g/mol. The summed E-state index contributed by atoms with van der Waals surface area (Å²) >= 11 is 0. The maximum Gasteiger partial charge on any atom is 0.254 e. The minimum absolute atomic E-state index is 0.0794. The normalized spacial score (nSPS) is 14.4. The average Bonchev–Trinajstić information content (AvgIpc) is 2.79. The first-order valence-corrected chi connectivity index (χ1v) is 10.9. The lowest BCUT2D eigenvalue weighted by Gasteiger charge is -2.36. The van der Waals surface area contributed by atoms with E-state index in [2.05, 4.69) is 48.0 Å². The molecule has 0 N–H and O–H groups in total. The van der Waals surface area contributed by atoms with Gasteiger partial charge < -0.3 is 9.80 Å². The molecule has 0 unspecified atom stereocenters. The predicted octanol–water partition coefficient (Wildman–Crippen LogP) is 4.81. The number of nitrogens with zero attached hydrogens (tertiary/aromatic N) is 4. The van der Waals surface area contributed by atoms with Gasteiger partial charge in [0, 0.05) is 42.6 Å². The predicted molar refractivity (Wildman–Crippen MR) is 126 cm³/mol. The fourth-order valence-electron chi connectivity index (χ4n) is 4.52. The number of benzene rings is 2. The van der Waals surface area contributed by atoms with Crippen LogP contribution in [0.2, 0.25) is 0 Å². The molecule has 162 valence electrons. The fourth-order valence-corrected chi connectivity index (χ4v) is 4.52. The lowest BCUT2D eigenvalue weighted by atomic mass is 10.1. The molecule has 1 saturated heterocycles. The van der Waals surface area contributed by atoms with Gasteiger partial charge in [0.2, 0.25) is 0 Å². The second-order valence-corrected chi connectivity index (χ2v) is 8.52. The molecule has 5 rings (SSSR count). The van der Waals surface area contributed by atoms with Crippen LogP contribution in [0.25, 0.3) is 21.8 Å². The number of pyridine rings is 2. The highest BCUT2D eigenvalue weighted by Gasteiger charge is 2.25. The third-order valence-corrected chi connectivity index (χ3v) is 6.25. The van der Waals surface area contributed by atoms with Gasteiger partial charge >= 0.3 is 0 Å². The third-order valence-electron chi connectivity index (χ3n) is 6.25. The van der Waals surface area contributed by atoms with Gasteiger partial charge in [-0.1, -0.05) is 18.2 Å². The van der Waals surface area contributed by atoms with Crippen LogP contribution in [0, 0.1) is 26.6 Å². The molecule has 1 aliphatic rings. The van der Waals surface area contributed by atoms with E-state index in [0.29, 0.717) is 42.6 Å². The number of hydrogen-bond acceptors (Lipinski definition) is 4. The Morgan fingerprint density at radius 1 is 0.875 bits per heavy atom. The van der Waals surface area contributed by atoms with Crippen LogP contribution in [0.5, 0.6) is 0 Å². The molecular weight excluding hydrogens is 403 g/mol. The molecular formula is C26H25FN4O. The summed E-state index contributed by atoms with van der Waals surface area (Å²) in [6.07, 6.45) is 0. The van der Waals surface area contributed by atoms with Crippen molar-refractivity contribution in [2.75, 3.05) is 31.1 Å². The zero-order valence-corrected chi connectivity index (χ0v) is 18.5. The van der Waals surface area contributed by atoms with Crippen molar-refractivity contribution in [2.45, 2.75) is 20.8 Å². The topological polar surface area (TPSA) is 49.3 Å². The minimum atomic E-state index is -0.366. The Morgan fingerprint density at radius 2 is 1.66 bits per heavy atom. The summed E-state index contributed by atoms with van der Waals surface area (Å²) in [5.41, 5.74) is 5.29. The summed E-state index contributed by atoms with van der Waals surface area (Å²) in [6.45, 7) is 8.62. The van der Waals surface area contributed by atoms with Crippen LogP contribution < -0.4 is 4.90 Å². The van der Waals surface area contributed by atoms with Gasteiger partial charge in [-0.05, 0) is 62.2 Å². The number of aryl methyl sites for hydroxylation is 3. The highest BCUT2D eigenvalue weighted by molar-refractivity contribution is 6.06. The van der Waals surface area contributed by atoms with E-state index in [4.69, 9.17) is 4.98 Å². The van der Waals surface area contributed by atoms with E-state index in [0.717, 1.165) is 22.6 Å². The van der Waals surface area contributed by atoms with Crippen molar-refractivity contribution in [2.24, 2.45) is 0 Å². The van der Waals surface area contributed by atoms with Crippen molar-refractivity contribution < 1.29 is 9.18 Å². The van der Waals surface area contributed by atoms with Crippen molar-refractivity contribution in [1.82, 2.24) is 14.9 Å². The largest absolute Gasteiger partial charge is 0.353 e. The number of anilines is 1. The summed E-state index contributed by atoms with van der Waals surface area (Å²) in [5, 5.41) is 1.74. The second kappa shape index (κ2) is 7.86. The van der Waals surface area contributed by atoms with Gasteiger partial charge in [0.05, 0.1) is 16.6 Å². The Labute approximate surface area is 186 Å². The number of rotatable bonds is 2. The number of amides is 1. The van der Waals surface area contributed by atoms with E-state index in [9.17, 15) is 9.18 Å². The molecule has 5 nitrogen and oxygen atoms in total. The van der Waals surface area contributed by atoms with Gasteiger partial charge in [0.15, 0.2) is 0 Å². The molecule has 0 atom stereocenters. The third kappa shape index (κ3) is 3.55. The molecule has 2 aromatic heterocycles. The highest BCUT2D eigenvalue weighted by atomic mass is 19.1. The first-order chi connectivity index (χ1) is 15.4. The maximum atomic E-state index is 13.9. The van der Waals surface area contributed by atoms with Crippen LogP contribution in [0.3, 0.4) is 0 Å². The van der Waals surface area contributed by atoms with Crippen molar-refractivity contribution in [3.8, 4) is 0 Å². The second-order valence-electron chi connectivity index (χ2n) is 8.52. The molecule has 0 aliphatic carbocycles. The number of para-hydroxylation sites is 1. The lowest BCUT2D eigenvalue weighted by Crippen LogP contribution is -2.49. The number of carbonyl (C=O) groups is 1. The Bertz CT molecular complexity index is 1360. The molecule has 3 heterocycles. The van der Waals surface area contributed by atoms with Gasteiger partial charge in [-0.3, -0.25) is 9.78 Å². The Kier molecular flexibility index (Phi) is 5.00. The molecule has 1 amide bonds. The first-order valence-electron chi connectivity index (χ1n) is 10.9. The number of carbonyl (C=O) groups excluding carboxylic acids is 1. The van der Waals surface area contributed by atoms with E-state index in [-0.39, 0.29) is 11.7 Å². The van der Waals surface area contributed by atoms with Gasteiger partial charge in [-0.15, -0.1) is 0 Å². The zero-order valence-electron chi connectivity index (χ0n) is 18.5. The molecule has 6 heteroatoms. The Morgan fingerprint density at radius 3 is 2.44 bits per heavy atom. The smallest absolute Gasteiger partial charge is 0.254 e. The van der Waals surface area contributed by atoms with E-state index in [1.807, 2.05) is 11.8 Å². The summed E-state index contributed by atoms with van der Waals surface area (Å²) < 4.78 is 13.9. The van der Waals surface area contributed by atoms with Crippen molar-refractivity contribution in [1.29, 1.82) is 0 Å². The van der Waals surface area contributed by atoms with E-state index < -0.39 is 0 Å². The Balaban J connectivity index is 1.39. The van der Waals surface area contributed by atoms with Crippen LogP contribution in [-0.2, 0) is 0 Å². The first kappa shape index (κ1) is 20.4. The molecule has 1 fully saturated rings. The van der Waals surface area contributed by atoms with Gasteiger partial charge in [0.1, 0.15) is 11.6 Å². The van der Waals surface area contributed by atoms with Crippen molar-refractivity contribution in [3.05, 3.63) is 76.7 Å². The van der Waals surface area contributed by atoms with E-state index in [1.165, 1.54) is 23.1 Å². The van der Waals surface area contributed by atoms with Crippen LogP contribution in [-0.4, -0.2) is 47.0 Å². The number of piperazine rings is 1. The molecule has 1 aliphatic heterocycles. The summed E-state index contributed by atoms with van der Waals surface area (Å²) in [4.78, 5) is 26.8. The van der Waals surface area contributed by atoms with E-state index in [1.54, 1.807) is 12.1 Å². The van der Waals surface area contributed by atoms with Crippen molar-refractivity contribution >= 4 is 33.5 Å². The molecule has 32 heavy (non-hydrogen) atoms. The Hall–Kier alpha value is -3.54. The van der Waals surface area contributed by atoms with E-state index >= 15 is 0 Å². The van der Waals surface area contributed by atoms with Crippen molar-refractivity contribution in [3.63, 3.8) is 0 Å². The quantitative estimate of drug-likeness (QED) is 0.460. The molecule has 0 radical (unpaired) electrons. The van der Waals surface area contributed by atoms with Gasteiger partial charge in [-0.2, -0.15) is 0 Å². The van der Waals surface area contributed by atoms with Gasteiger partial charge in [-0.25, -0.2) is 9.37 Å². The highest BCUT2D eigenvalue weighted by Crippen LogP contribution is 2.26. The maximum absolute atomic E-state index is 13.9. The fraction of sp³-hybridized carbons (Fsp3) is 0.269. The SMILES string of the molecule is Cc1cc(C(=O)N2CCN(c3cc(C)c4cccc(C)c4n3)CC2)c2cc(F)ccc2n1. The molecule has 2 aromatic carbocycles. The van der Waals surface area contributed by atoms with Crippen LogP contribution in [0.1, 0.15) is 27.2 Å². The summed E-state index contributed by atoms with van der Waals surface area (Å²) in [7, 11) is 0. The molecule has 0 saturated carbocycles. The van der Waals surface area contributed by atoms with Gasteiger partial charge in [0.25, 0.3) is 5.91 Å². The summed E-state index contributed by atoms with van der Waals surface area (Å²) in [5.74, 6) is 0.503. The molecule has 0 bridgehead atoms. The van der Waals surface area contributed by atoms with Crippen LogP contribution >= 0.6 is 0 Å². The minimum Gasteiger partial charge on any atom is -0.353 e. The average molecular weight is 429 g/mol. The number of fused-ring (bicyclic) bond motifs is 2. The standard InChI is InChI=1S/C26H25FN4O/c1-16-5-4-6-20-17(2)13-24(29-25(16)20)30-9-11-31(12-10-30)26(32)22-14-18(3)28-23-8-7-19(27)15-21(22)23/h4-8,13-15H,9-12H2,1-3H3. The summed E-state index contributed by atoms with van der Waals surface area (Å²) in [6, 6.07) is 14.5. The molecule has 4 aromatic rings. The molecule has 0 spiro atoms. The number of halogens is 1. The number of aromatic nitrogens is 2. The zero-order chi connectivity index (χ0) is 22.4. The van der Waals surface area contributed by atoms with Crippen LogP contribution in [0.15, 0.2) is 48.5 Å².